The van der Waals surface area contributed by atoms with Crippen molar-refractivity contribution >= 4 is 17.9 Å². The number of hydrogen-bond acceptors (Lipinski definition) is 8. The van der Waals surface area contributed by atoms with Crippen molar-refractivity contribution in [2.75, 3.05) is 40.4 Å². The fourth-order valence-corrected chi connectivity index (χ4v) is 4.66. The van der Waals surface area contributed by atoms with Gasteiger partial charge in [-0.1, -0.05) is 5.16 Å². The number of ether oxygens (including phenoxy) is 2. The van der Waals surface area contributed by atoms with Crippen LogP contribution >= 0.6 is 0 Å². The quantitative estimate of drug-likeness (QED) is 0.632. The summed E-state index contributed by atoms with van der Waals surface area (Å²) in [5, 5.41) is 3.90. The van der Waals surface area contributed by atoms with Crippen LogP contribution in [-0.4, -0.2) is 77.1 Å². The van der Waals surface area contributed by atoms with Crippen molar-refractivity contribution in [2.45, 2.75) is 33.1 Å². The molecule has 2 saturated heterocycles. The Morgan fingerprint density at radius 3 is 2.39 bits per heavy atom. The fourth-order valence-electron chi connectivity index (χ4n) is 4.66. The molecule has 2 aromatic rings. The summed E-state index contributed by atoms with van der Waals surface area (Å²) in [4.78, 5) is 37.7. The van der Waals surface area contributed by atoms with Crippen LogP contribution in [0.25, 0.3) is 6.08 Å². The lowest BCUT2D eigenvalue weighted by Gasteiger charge is -2.39. The van der Waals surface area contributed by atoms with Crippen molar-refractivity contribution in [1.82, 2.24) is 24.9 Å². The van der Waals surface area contributed by atoms with E-state index >= 15 is 0 Å². The summed E-state index contributed by atoms with van der Waals surface area (Å²) >= 11 is 0. The zero-order chi connectivity index (χ0) is 23.6. The Hall–Kier alpha value is -3.43. The molecule has 0 N–H and O–H groups in total. The second-order valence-corrected chi connectivity index (χ2v) is 8.66. The highest BCUT2D eigenvalue weighted by Gasteiger charge is 2.42. The van der Waals surface area contributed by atoms with Crippen molar-refractivity contribution in [2.24, 2.45) is 5.41 Å². The van der Waals surface area contributed by atoms with Gasteiger partial charge in [-0.2, -0.15) is 4.98 Å². The molecular formula is C23H29N5O5. The maximum absolute atomic E-state index is 12.9. The third-order valence-corrected chi connectivity index (χ3v) is 6.65. The summed E-state index contributed by atoms with van der Waals surface area (Å²) in [6, 6.07) is 0.205. The fraction of sp³-hybridized carbons (Fsp3) is 0.522. The molecular weight excluding hydrogens is 426 g/mol. The molecule has 2 amide bonds. The molecule has 0 radical (unpaired) electrons. The number of amides is 2. The predicted octanol–water partition coefficient (Wildman–Crippen LogP) is 2.27. The lowest BCUT2D eigenvalue weighted by Crippen LogP contribution is -2.44. The summed E-state index contributed by atoms with van der Waals surface area (Å²) in [5.74, 6) is 0.824. The molecule has 33 heavy (non-hydrogen) atoms. The number of hydrogen-bond donors (Lipinski definition) is 0. The molecule has 2 aromatic heterocycles. The number of rotatable bonds is 5. The first-order valence-electron chi connectivity index (χ1n) is 11.0. The van der Waals surface area contributed by atoms with Crippen molar-refractivity contribution in [3.05, 3.63) is 34.9 Å². The number of aryl methyl sites for hydroxylation is 2. The van der Waals surface area contributed by atoms with Gasteiger partial charge in [-0.05, 0) is 44.6 Å². The molecule has 176 valence electrons. The number of methoxy groups -OCH3 is 2. The molecule has 0 unspecified atom stereocenters. The zero-order valence-electron chi connectivity index (χ0n) is 19.5. The lowest BCUT2D eigenvalue weighted by atomic mass is 9.77. The highest BCUT2D eigenvalue weighted by Crippen LogP contribution is 2.41. The van der Waals surface area contributed by atoms with Crippen molar-refractivity contribution in [1.29, 1.82) is 0 Å². The molecule has 1 spiro atoms. The second kappa shape index (κ2) is 9.21. The van der Waals surface area contributed by atoms with Gasteiger partial charge in [0.15, 0.2) is 0 Å². The molecule has 2 aliphatic heterocycles. The van der Waals surface area contributed by atoms with Gasteiger partial charge in [-0.15, -0.1) is 0 Å². The van der Waals surface area contributed by atoms with Crippen molar-refractivity contribution in [3.63, 3.8) is 0 Å². The normalized spacial score (nSPS) is 17.7. The number of carbonyl (C=O) groups excluding carboxylic acids is 2. The van der Waals surface area contributed by atoms with E-state index in [0.29, 0.717) is 54.6 Å². The number of carbonyl (C=O) groups is 2. The number of aromatic nitrogens is 3. The van der Waals surface area contributed by atoms with Crippen LogP contribution in [0, 0.1) is 19.3 Å². The molecule has 2 aliphatic rings. The minimum absolute atomic E-state index is 0.0226. The number of nitrogens with zero attached hydrogens (tertiary/aromatic N) is 5. The summed E-state index contributed by atoms with van der Waals surface area (Å²) in [6.07, 6.45) is 7.44. The first-order chi connectivity index (χ1) is 15.9. The van der Waals surface area contributed by atoms with Crippen LogP contribution in [0.15, 0.2) is 16.8 Å². The molecule has 10 nitrogen and oxygen atoms in total. The minimum Gasteiger partial charge on any atom is -0.480 e. The predicted molar refractivity (Wildman–Crippen MR) is 119 cm³/mol. The Morgan fingerprint density at radius 2 is 1.79 bits per heavy atom. The van der Waals surface area contributed by atoms with Gasteiger partial charge in [0.05, 0.1) is 25.5 Å². The molecule has 4 rings (SSSR count). The number of piperidine rings is 1. The average Bonchev–Trinajstić information content (AvgIpc) is 3.40. The Labute approximate surface area is 192 Å². The van der Waals surface area contributed by atoms with E-state index in [1.165, 1.54) is 20.3 Å². The van der Waals surface area contributed by atoms with Gasteiger partial charge in [0, 0.05) is 38.5 Å². The zero-order valence-corrected chi connectivity index (χ0v) is 19.5. The largest absolute Gasteiger partial charge is 0.480 e. The van der Waals surface area contributed by atoms with Crippen LogP contribution in [0.5, 0.6) is 11.9 Å². The summed E-state index contributed by atoms with van der Waals surface area (Å²) in [6.45, 7) is 6.29. The van der Waals surface area contributed by atoms with E-state index in [-0.39, 0.29) is 23.2 Å². The summed E-state index contributed by atoms with van der Waals surface area (Å²) in [5.41, 5.74) is 1.85. The van der Waals surface area contributed by atoms with E-state index in [2.05, 4.69) is 15.1 Å². The standard InChI is InChI=1S/C23H29N5O5/c1-15-19(16(2)33-26-15)21(30)27-10-7-23(8-11-27)9-12-28(14-23)18(29)6-5-17-13-24-22(32-4)25-20(17)31-3/h5-6,13H,7-12,14H2,1-4H3/b6-5+. The van der Waals surface area contributed by atoms with Crippen molar-refractivity contribution in [3.8, 4) is 11.9 Å². The Bertz CT molecular complexity index is 1050. The highest BCUT2D eigenvalue weighted by molar-refractivity contribution is 5.96. The molecule has 10 heteroatoms. The first-order valence-corrected chi connectivity index (χ1v) is 11.0. The smallest absolute Gasteiger partial charge is 0.319 e. The van der Waals surface area contributed by atoms with Gasteiger partial charge in [0.1, 0.15) is 11.3 Å². The van der Waals surface area contributed by atoms with Gasteiger partial charge in [-0.25, -0.2) is 4.98 Å². The second-order valence-electron chi connectivity index (χ2n) is 8.66. The third-order valence-electron chi connectivity index (χ3n) is 6.65. The van der Waals surface area contributed by atoms with E-state index in [1.54, 1.807) is 26.1 Å². The van der Waals surface area contributed by atoms with Crippen LogP contribution in [0.4, 0.5) is 0 Å². The van der Waals surface area contributed by atoms with E-state index in [0.717, 1.165) is 19.3 Å². The van der Waals surface area contributed by atoms with Crippen LogP contribution in [0.3, 0.4) is 0 Å². The van der Waals surface area contributed by atoms with Gasteiger partial charge in [0.25, 0.3) is 5.91 Å². The molecule has 0 atom stereocenters. The molecule has 4 heterocycles. The molecule has 0 bridgehead atoms. The first kappa shape index (κ1) is 22.8. The van der Waals surface area contributed by atoms with Crippen LogP contribution in [-0.2, 0) is 4.79 Å². The van der Waals surface area contributed by atoms with Gasteiger partial charge in [0.2, 0.25) is 11.8 Å². The molecule has 0 aliphatic carbocycles. The topological polar surface area (TPSA) is 111 Å². The van der Waals surface area contributed by atoms with Crippen LogP contribution in [0.1, 0.15) is 46.6 Å². The Balaban J connectivity index is 1.35. The maximum atomic E-state index is 12.9. The molecule has 0 saturated carbocycles. The molecule has 2 fully saturated rings. The molecule has 0 aromatic carbocycles. The van der Waals surface area contributed by atoms with Crippen LogP contribution in [0.2, 0.25) is 0 Å². The third kappa shape index (κ3) is 4.55. The van der Waals surface area contributed by atoms with Crippen LogP contribution < -0.4 is 9.47 Å². The van der Waals surface area contributed by atoms with Gasteiger partial charge in [-0.3, -0.25) is 9.59 Å². The summed E-state index contributed by atoms with van der Waals surface area (Å²) in [7, 11) is 2.99. The number of likely N-dealkylation sites (tertiary alicyclic amines) is 2. The SMILES string of the molecule is COc1ncc(/C=C/C(=O)N2CCC3(CCN(C(=O)c4c(C)noc4C)CC3)C2)c(OC)n1. The van der Waals surface area contributed by atoms with Crippen molar-refractivity contribution < 1.29 is 23.6 Å². The maximum Gasteiger partial charge on any atom is 0.319 e. The van der Waals surface area contributed by atoms with E-state index in [9.17, 15) is 9.59 Å². The van der Waals surface area contributed by atoms with E-state index < -0.39 is 0 Å². The van der Waals surface area contributed by atoms with Gasteiger partial charge >= 0.3 is 6.01 Å². The monoisotopic (exact) mass is 455 g/mol. The van der Waals surface area contributed by atoms with E-state index in [1.807, 2.05) is 9.80 Å². The Kier molecular flexibility index (Phi) is 6.35. The van der Waals surface area contributed by atoms with Gasteiger partial charge < -0.3 is 23.8 Å². The Morgan fingerprint density at radius 1 is 1.09 bits per heavy atom. The minimum atomic E-state index is -0.0565. The average molecular weight is 456 g/mol. The highest BCUT2D eigenvalue weighted by atomic mass is 16.5. The lowest BCUT2D eigenvalue weighted by molar-refractivity contribution is -0.125. The summed E-state index contributed by atoms with van der Waals surface area (Å²) < 4.78 is 15.4. The van der Waals surface area contributed by atoms with E-state index in [4.69, 9.17) is 14.0 Å².